The Morgan fingerprint density at radius 2 is 1.64 bits per heavy atom. The van der Waals surface area contributed by atoms with Gasteiger partial charge in [0, 0.05) is 22.9 Å². The maximum Gasteiger partial charge on any atom is 0.223 e. The van der Waals surface area contributed by atoms with Crippen LogP contribution in [-0.2, 0) is 4.79 Å². The van der Waals surface area contributed by atoms with E-state index in [2.05, 4.69) is 55.3 Å². The van der Waals surface area contributed by atoms with Crippen molar-refractivity contribution in [1.29, 1.82) is 0 Å². The van der Waals surface area contributed by atoms with Crippen LogP contribution in [0.5, 0.6) is 0 Å². The number of amides is 1. The largest absolute Gasteiger partial charge is 0.464 e. The Balaban J connectivity index is 0.982. The number of hydrogen-bond donors (Lipinski definition) is 1. The summed E-state index contributed by atoms with van der Waals surface area (Å²) in [7, 11) is 0. The van der Waals surface area contributed by atoms with Crippen molar-refractivity contribution in [3.63, 3.8) is 0 Å². The van der Waals surface area contributed by atoms with Gasteiger partial charge in [-0.25, -0.2) is 0 Å². The average molecular weight is 493 g/mol. The zero-order chi connectivity index (χ0) is 25.1. The lowest BCUT2D eigenvalue weighted by Gasteiger charge is -2.37. The van der Waals surface area contributed by atoms with Crippen LogP contribution in [0, 0.1) is 23.2 Å². The third-order valence-electron chi connectivity index (χ3n) is 9.91. The SMILES string of the molecule is CC(C)(C)C1CCC(C(=O)NC2CCC(CCN3CCC(c4coc5ccccc45)CC3)CC2)CC1. The lowest BCUT2D eigenvalue weighted by molar-refractivity contribution is -0.127. The highest BCUT2D eigenvalue weighted by atomic mass is 16.3. The number of nitrogens with zero attached hydrogens (tertiary/aromatic N) is 1. The maximum atomic E-state index is 12.9. The molecule has 1 amide bonds. The minimum absolute atomic E-state index is 0.254. The molecular weight excluding hydrogens is 444 g/mol. The van der Waals surface area contributed by atoms with Crippen LogP contribution in [0.4, 0.5) is 0 Å². The zero-order valence-corrected chi connectivity index (χ0v) is 22.9. The quantitative estimate of drug-likeness (QED) is 0.453. The summed E-state index contributed by atoms with van der Waals surface area (Å²) in [5, 5.41) is 4.75. The van der Waals surface area contributed by atoms with Gasteiger partial charge in [0.05, 0.1) is 6.26 Å². The molecule has 0 bridgehead atoms. The molecule has 1 saturated heterocycles. The van der Waals surface area contributed by atoms with Crippen molar-refractivity contribution >= 4 is 16.9 Å². The summed E-state index contributed by atoms with van der Waals surface area (Å²) in [5.74, 6) is 2.83. The Labute approximate surface area is 218 Å². The van der Waals surface area contributed by atoms with Gasteiger partial charge >= 0.3 is 0 Å². The Bertz CT molecular complexity index is 981. The number of hydrogen-bond acceptors (Lipinski definition) is 3. The Morgan fingerprint density at radius 1 is 0.944 bits per heavy atom. The molecule has 2 aromatic rings. The first-order valence-electron chi connectivity index (χ1n) is 14.9. The van der Waals surface area contributed by atoms with Crippen LogP contribution in [0.15, 0.2) is 34.9 Å². The van der Waals surface area contributed by atoms with Crippen LogP contribution >= 0.6 is 0 Å². The summed E-state index contributed by atoms with van der Waals surface area (Å²) >= 11 is 0. The first-order valence-corrected chi connectivity index (χ1v) is 14.9. The van der Waals surface area contributed by atoms with Gasteiger partial charge in [-0.2, -0.15) is 0 Å². The molecule has 0 atom stereocenters. The van der Waals surface area contributed by atoms with Crippen LogP contribution in [0.1, 0.15) is 103 Å². The van der Waals surface area contributed by atoms with Gasteiger partial charge in [0.15, 0.2) is 0 Å². The number of carbonyl (C=O) groups excluding carboxylic acids is 1. The lowest BCUT2D eigenvalue weighted by Crippen LogP contribution is -2.42. The third kappa shape index (κ3) is 6.18. The van der Waals surface area contributed by atoms with Crippen molar-refractivity contribution in [3.05, 3.63) is 36.1 Å². The molecule has 4 nitrogen and oxygen atoms in total. The number of furan rings is 1. The molecule has 198 valence electrons. The molecule has 36 heavy (non-hydrogen) atoms. The summed E-state index contributed by atoms with van der Waals surface area (Å²) in [6, 6.07) is 8.87. The van der Waals surface area contributed by atoms with E-state index in [1.807, 2.05) is 6.26 Å². The van der Waals surface area contributed by atoms with E-state index in [1.54, 1.807) is 0 Å². The zero-order valence-electron chi connectivity index (χ0n) is 22.9. The number of fused-ring (bicyclic) bond motifs is 1. The number of carbonyl (C=O) groups is 1. The maximum absolute atomic E-state index is 12.9. The van der Waals surface area contributed by atoms with E-state index in [9.17, 15) is 4.79 Å². The number of nitrogens with one attached hydrogen (secondary N) is 1. The van der Waals surface area contributed by atoms with Crippen molar-refractivity contribution < 1.29 is 9.21 Å². The summed E-state index contributed by atoms with van der Waals surface area (Å²) < 4.78 is 5.80. The molecule has 0 unspecified atom stereocenters. The molecule has 3 fully saturated rings. The molecule has 1 N–H and O–H groups in total. The van der Waals surface area contributed by atoms with Crippen molar-refractivity contribution in [2.75, 3.05) is 19.6 Å². The van der Waals surface area contributed by atoms with Crippen molar-refractivity contribution in [2.45, 2.75) is 103 Å². The fraction of sp³-hybridized carbons (Fsp3) is 0.719. The second-order valence-electron chi connectivity index (χ2n) is 13.2. The predicted molar refractivity (Wildman–Crippen MR) is 148 cm³/mol. The number of piperidine rings is 1. The highest BCUT2D eigenvalue weighted by Gasteiger charge is 2.33. The minimum Gasteiger partial charge on any atom is -0.464 e. The first kappa shape index (κ1) is 25.8. The van der Waals surface area contributed by atoms with Crippen molar-refractivity contribution in [3.8, 4) is 0 Å². The minimum atomic E-state index is 0.254. The molecule has 4 heteroatoms. The fourth-order valence-electron chi connectivity index (χ4n) is 7.28. The summed E-state index contributed by atoms with van der Waals surface area (Å²) in [6.45, 7) is 10.7. The molecule has 2 heterocycles. The van der Waals surface area contributed by atoms with Crippen LogP contribution in [0.25, 0.3) is 11.0 Å². The Morgan fingerprint density at radius 3 is 2.33 bits per heavy atom. The summed E-state index contributed by atoms with van der Waals surface area (Å²) in [5.41, 5.74) is 2.81. The normalized spacial score (nSPS) is 28.9. The monoisotopic (exact) mass is 492 g/mol. The predicted octanol–water partition coefficient (Wildman–Crippen LogP) is 7.53. The molecular formula is C32H48N2O2. The van der Waals surface area contributed by atoms with Gasteiger partial charge in [-0.1, -0.05) is 39.0 Å². The molecule has 5 rings (SSSR count). The highest BCUT2D eigenvalue weighted by molar-refractivity contribution is 5.81. The molecule has 3 aliphatic rings. The van der Waals surface area contributed by atoms with E-state index in [0.29, 0.717) is 23.3 Å². The number of rotatable bonds is 6. The van der Waals surface area contributed by atoms with E-state index >= 15 is 0 Å². The van der Waals surface area contributed by atoms with Gasteiger partial charge in [-0.3, -0.25) is 4.79 Å². The fourth-order valence-corrected chi connectivity index (χ4v) is 7.28. The molecule has 1 aliphatic heterocycles. The molecule has 0 radical (unpaired) electrons. The van der Waals surface area contributed by atoms with Gasteiger partial charge in [-0.05, 0) is 119 Å². The van der Waals surface area contributed by atoms with E-state index in [0.717, 1.165) is 30.3 Å². The van der Waals surface area contributed by atoms with Crippen molar-refractivity contribution in [2.24, 2.45) is 23.2 Å². The smallest absolute Gasteiger partial charge is 0.223 e. The molecule has 1 aromatic heterocycles. The van der Waals surface area contributed by atoms with Gasteiger partial charge in [0.2, 0.25) is 5.91 Å². The molecule has 0 spiro atoms. The van der Waals surface area contributed by atoms with Crippen molar-refractivity contribution in [1.82, 2.24) is 10.2 Å². The standard InChI is InChI=1S/C32H48N2O2/c1-32(2,3)26-12-10-25(11-13-26)31(35)33-27-14-8-23(9-15-27)16-19-34-20-17-24(18-21-34)29-22-36-30-7-5-4-6-28(29)30/h4-7,22-27H,8-21H2,1-3H3,(H,33,35). The van der Waals surface area contributed by atoms with Crippen LogP contribution < -0.4 is 5.32 Å². The van der Waals surface area contributed by atoms with Crippen LogP contribution in [0.2, 0.25) is 0 Å². The van der Waals surface area contributed by atoms with E-state index in [4.69, 9.17) is 4.42 Å². The number of benzene rings is 1. The first-order chi connectivity index (χ1) is 17.4. The topological polar surface area (TPSA) is 45.5 Å². The highest BCUT2D eigenvalue weighted by Crippen LogP contribution is 2.40. The van der Waals surface area contributed by atoms with Crippen LogP contribution in [0.3, 0.4) is 0 Å². The van der Waals surface area contributed by atoms with Gasteiger partial charge in [0.1, 0.15) is 5.58 Å². The second-order valence-corrected chi connectivity index (χ2v) is 13.2. The van der Waals surface area contributed by atoms with Crippen LogP contribution in [-0.4, -0.2) is 36.5 Å². The summed E-state index contributed by atoms with van der Waals surface area (Å²) in [4.78, 5) is 15.6. The van der Waals surface area contributed by atoms with Gasteiger partial charge in [-0.15, -0.1) is 0 Å². The number of likely N-dealkylation sites (tertiary alicyclic amines) is 1. The van der Waals surface area contributed by atoms with Gasteiger partial charge in [0.25, 0.3) is 0 Å². The van der Waals surface area contributed by atoms with E-state index in [1.165, 1.54) is 88.4 Å². The van der Waals surface area contributed by atoms with E-state index in [-0.39, 0.29) is 5.92 Å². The average Bonchev–Trinajstić information content (AvgIpc) is 3.32. The molecule has 2 saturated carbocycles. The Kier molecular flexibility index (Phi) is 8.10. The second kappa shape index (κ2) is 11.3. The molecule has 1 aromatic carbocycles. The number of para-hydroxylation sites is 1. The third-order valence-corrected chi connectivity index (χ3v) is 9.91. The van der Waals surface area contributed by atoms with Gasteiger partial charge < -0.3 is 14.6 Å². The Hall–Kier alpha value is -1.81. The van der Waals surface area contributed by atoms with E-state index < -0.39 is 0 Å². The summed E-state index contributed by atoms with van der Waals surface area (Å²) in [6.07, 6.45) is 15.3. The lowest BCUT2D eigenvalue weighted by atomic mass is 9.69. The molecule has 2 aliphatic carbocycles.